The van der Waals surface area contributed by atoms with Gasteiger partial charge in [0, 0.05) is 5.56 Å². The largest absolute Gasteiger partial charge is 0.265 e. The van der Waals surface area contributed by atoms with Crippen LogP contribution in [0.15, 0.2) is 6.07 Å². The molecule has 0 aliphatic heterocycles. The molecule has 1 heterocycles. The van der Waals surface area contributed by atoms with Crippen molar-refractivity contribution in [1.29, 1.82) is 0 Å². The fourth-order valence-electron chi connectivity index (χ4n) is 0.812. The van der Waals surface area contributed by atoms with Gasteiger partial charge in [0.05, 0.1) is 11.6 Å². The van der Waals surface area contributed by atoms with Gasteiger partial charge in [-0.2, -0.15) is 0 Å². The third-order valence-electron chi connectivity index (χ3n) is 1.41. The van der Waals surface area contributed by atoms with Crippen LogP contribution in [-0.2, 0) is 5.88 Å². The molecule has 13 heavy (non-hydrogen) atoms. The van der Waals surface area contributed by atoms with Crippen molar-refractivity contribution in [1.82, 2.24) is 4.98 Å². The Hall–Kier alpha value is -0.480. The number of aromatic nitrogens is 1. The zero-order valence-electron chi connectivity index (χ0n) is 6.20. The molecule has 0 atom stereocenters. The highest BCUT2D eigenvalue weighted by atomic mass is 35.5. The Labute approximate surface area is 82.5 Å². The smallest absolute Gasteiger partial charge is 0.236 e. The minimum Gasteiger partial charge on any atom is -0.236 e. The minimum absolute atomic E-state index is 0.0944. The molecule has 0 aromatic carbocycles. The highest BCUT2D eigenvalue weighted by Gasteiger charge is 2.16. The summed E-state index contributed by atoms with van der Waals surface area (Å²) in [4.78, 5) is 3.39. The second-order valence-corrected chi connectivity index (χ2v) is 2.86. The summed E-state index contributed by atoms with van der Waals surface area (Å²) in [7, 11) is 0. The number of halogens is 5. The van der Waals surface area contributed by atoms with E-state index in [2.05, 4.69) is 4.98 Å². The van der Waals surface area contributed by atoms with E-state index in [-0.39, 0.29) is 11.6 Å². The molecule has 1 aromatic rings. The molecule has 0 saturated heterocycles. The molecule has 1 nitrogen and oxygen atoms in total. The molecule has 0 saturated carbocycles. The highest BCUT2D eigenvalue weighted by Crippen LogP contribution is 2.26. The first-order valence-electron chi connectivity index (χ1n) is 3.25. The predicted molar refractivity (Wildman–Crippen MR) is 43.7 cm³/mol. The van der Waals surface area contributed by atoms with E-state index in [4.69, 9.17) is 23.2 Å². The molecular weight excluding hydrogens is 226 g/mol. The SMILES string of the molecule is Fc1cc(C(F)F)c(CCl)nc1Cl. The van der Waals surface area contributed by atoms with Gasteiger partial charge in [-0.15, -0.1) is 11.6 Å². The summed E-state index contributed by atoms with van der Waals surface area (Å²) in [6, 6.07) is 0.651. The maximum Gasteiger partial charge on any atom is 0.265 e. The van der Waals surface area contributed by atoms with E-state index in [1.54, 1.807) is 0 Å². The molecule has 1 aromatic heterocycles. The van der Waals surface area contributed by atoms with Gasteiger partial charge in [0.25, 0.3) is 6.43 Å². The van der Waals surface area contributed by atoms with Gasteiger partial charge in [0.2, 0.25) is 0 Å². The molecule has 0 unspecified atom stereocenters. The standard InChI is InChI=1S/C7H4Cl2F3N/c8-2-5-3(7(11)12)1-4(10)6(9)13-5/h1,7H,2H2. The number of alkyl halides is 3. The van der Waals surface area contributed by atoms with Crippen LogP contribution >= 0.6 is 23.2 Å². The lowest BCUT2D eigenvalue weighted by Gasteiger charge is -2.05. The van der Waals surface area contributed by atoms with Gasteiger partial charge in [-0.3, -0.25) is 0 Å². The quantitative estimate of drug-likeness (QED) is 0.559. The third-order valence-corrected chi connectivity index (χ3v) is 1.93. The van der Waals surface area contributed by atoms with Crippen molar-refractivity contribution < 1.29 is 13.2 Å². The summed E-state index contributed by atoms with van der Waals surface area (Å²) in [5.41, 5.74) is -0.611. The average molecular weight is 230 g/mol. The van der Waals surface area contributed by atoms with E-state index in [0.717, 1.165) is 0 Å². The molecule has 0 N–H and O–H groups in total. The van der Waals surface area contributed by atoms with Gasteiger partial charge >= 0.3 is 0 Å². The topological polar surface area (TPSA) is 12.9 Å². The van der Waals surface area contributed by atoms with Crippen molar-refractivity contribution in [2.45, 2.75) is 12.3 Å². The Morgan fingerprint density at radius 2 is 2.08 bits per heavy atom. The van der Waals surface area contributed by atoms with Crippen molar-refractivity contribution in [3.63, 3.8) is 0 Å². The van der Waals surface area contributed by atoms with Crippen molar-refractivity contribution in [2.24, 2.45) is 0 Å². The number of hydrogen-bond donors (Lipinski definition) is 0. The Bertz CT molecular complexity index is 317. The molecule has 0 aliphatic carbocycles. The Morgan fingerprint density at radius 3 is 2.54 bits per heavy atom. The van der Waals surface area contributed by atoms with E-state index in [1.165, 1.54) is 0 Å². The van der Waals surface area contributed by atoms with Crippen LogP contribution in [0.4, 0.5) is 13.2 Å². The Kier molecular flexibility index (Phi) is 3.39. The summed E-state index contributed by atoms with van der Waals surface area (Å²) in [6.07, 6.45) is -2.80. The second-order valence-electron chi connectivity index (χ2n) is 2.23. The van der Waals surface area contributed by atoms with Crippen LogP contribution in [0.1, 0.15) is 17.7 Å². The van der Waals surface area contributed by atoms with Crippen LogP contribution < -0.4 is 0 Å². The lowest BCUT2D eigenvalue weighted by Crippen LogP contribution is -1.98. The van der Waals surface area contributed by atoms with Crippen molar-refractivity contribution in [3.05, 3.63) is 28.3 Å². The maximum atomic E-state index is 12.7. The fourth-order valence-corrected chi connectivity index (χ4v) is 1.18. The number of hydrogen-bond acceptors (Lipinski definition) is 1. The van der Waals surface area contributed by atoms with E-state index in [9.17, 15) is 13.2 Å². The molecule has 0 bridgehead atoms. The van der Waals surface area contributed by atoms with Crippen LogP contribution in [0.3, 0.4) is 0 Å². The Balaban J connectivity index is 3.25. The summed E-state index contributed by atoms with van der Waals surface area (Å²) in [5, 5.41) is -0.444. The van der Waals surface area contributed by atoms with E-state index in [0.29, 0.717) is 6.07 Å². The van der Waals surface area contributed by atoms with Gasteiger partial charge in [-0.25, -0.2) is 18.2 Å². The van der Waals surface area contributed by atoms with Crippen molar-refractivity contribution in [3.8, 4) is 0 Å². The summed E-state index contributed by atoms with van der Waals surface area (Å²) in [5.74, 6) is -1.19. The average Bonchev–Trinajstić information content (AvgIpc) is 2.08. The van der Waals surface area contributed by atoms with Gasteiger partial charge in [-0.1, -0.05) is 11.6 Å². The van der Waals surface area contributed by atoms with Crippen molar-refractivity contribution >= 4 is 23.2 Å². The number of pyridine rings is 1. The first-order valence-corrected chi connectivity index (χ1v) is 4.16. The molecule has 72 valence electrons. The zero-order valence-corrected chi connectivity index (χ0v) is 7.71. The van der Waals surface area contributed by atoms with Crippen LogP contribution in [0.2, 0.25) is 5.15 Å². The molecular formula is C7H4Cl2F3N. The first-order chi connectivity index (χ1) is 6.06. The van der Waals surface area contributed by atoms with Crippen LogP contribution in [-0.4, -0.2) is 4.98 Å². The second kappa shape index (κ2) is 4.15. The molecule has 0 aliphatic rings. The van der Waals surface area contributed by atoms with E-state index < -0.39 is 23.0 Å². The molecule has 6 heteroatoms. The lowest BCUT2D eigenvalue weighted by atomic mass is 10.2. The van der Waals surface area contributed by atoms with Crippen molar-refractivity contribution in [2.75, 3.05) is 0 Å². The molecule has 0 amide bonds. The first kappa shape index (κ1) is 10.6. The Morgan fingerprint density at radius 1 is 1.46 bits per heavy atom. The van der Waals surface area contributed by atoms with Gasteiger partial charge in [-0.05, 0) is 6.07 Å². The third kappa shape index (κ3) is 2.25. The molecule has 0 spiro atoms. The van der Waals surface area contributed by atoms with Crippen LogP contribution in [0, 0.1) is 5.82 Å². The van der Waals surface area contributed by atoms with Crippen LogP contribution in [0.25, 0.3) is 0 Å². The lowest BCUT2D eigenvalue weighted by molar-refractivity contribution is 0.149. The van der Waals surface area contributed by atoms with Gasteiger partial charge in [0.1, 0.15) is 0 Å². The summed E-state index contributed by atoms with van der Waals surface area (Å²) >= 11 is 10.6. The minimum atomic E-state index is -2.80. The zero-order chi connectivity index (χ0) is 10.0. The number of nitrogens with zero attached hydrogens (tertiary/aromatic N) is 1. The highest BCUT2D eigenvalue weighted by molar-refractivity contribution is 6.29. The maximum absolute atomic E-state index is 12.7. The van der Waals surface area contributed by atoms with E-state index in [1.807, 2.05) is 0 Å². The van der Waals surface area contributed by atoms with Gasteiger partial charge in [0.15, 0.2) is 11.0 Å². The monoisotopic (exact) mass is 229 g/mol. The summed E-state index contributed by atoms with van der Waals surface area (Å²) in [6.45, 7) is 0. The molecule has 0 fully saturated rings. The van der Waals surface area contributed by atoms with E-state index >= 15 is 0 Å². The fraction of sp³-hybridized carbons (Fsp3) is 0.286. The number of rotatable bonds is 2. The van der Waals surface area contributed by atoms with Crippen LogP contribution in [0.5, 0.6) is 0 Å². The normalized spacial score (nSPS) is 10.9. The summed E-state index contributed by atoms with van der Waals surface area (Å²) < 4.78 is 37.1. The molecule has 0 radical (unpaired) electrons. The molecule has 1 rings (SSSR count). The predicted octanol–water partition coefficient (Wildman–Crippen LogP) is 3.55. The van der Waals surface area contributed by atoms with Gasteiger partial charge < -0.3 is 0 Å².